The summed E-state index contributed by atoms with van der Waals surface area (Å²) in [6.45, 7) is 3.58. The van der Waals surface area contributed by atoms with Crippen LogP contribution in [0.25, 0.3) is 0 Å². The molecule has 8 heteroatoms. The molecule has 2 aliphatic heterocycles. The second-order valence-corrected chi connectivity index (χ2v) is 9.19. The predicted octanol–water partition coefficient (Wildman–Crippen LogP) is -1.26. The number of phenols is 1. The second kappa shape index (κ2) is 7.21. The van der Waals surface area contributed by atoms with E-state index in [0.29, 0.717) is 13.0 Å². The summed E-state index contributed by atoms with van der Waals surface area (Å²) in [4.78, 5) is 17.4. The van der Waals surface area contributed by atoms with Crippen molar-refractivity contribution < 1.29 is 23.2 Å². The topological polar surface area (TPSA) is 82.4 Å². The van der Waals surface area contributed by atoms with Gasteiger partial charge in [-0.1, -0.05) is 12.1 Å². The molecule has 1 aromatic carbocycles. The molecule has 138 valence electrons. The highest BCUT2D eigenvalue weighted by molar-refractivity contribution is 7.91. The number of hydrogen-bond acceptors (Lipinski definition) is 5. The quantitative estimate of drug-likeness (QED) is 0.694. The summed E-state index contributed by atoms with van der Waals surface area (Å²) < 4.78 is 23.2. The van der Waals surface area contributed by atoms with Gasteiger partial charge in [-0.3, -0.25) is 4.79 Å². The number of carbonyl (C=O) groups excluding carboxylic acids is 1. The van der Waals surface area contributed by atoms with E-state index in [0.717, 1.165) is 31.9 Å². The van der Waals surface area contributed by atoms with E-state index < -0.39 is 9.84 Å². The number of nitrogens with one attached hydrogen (secondary N) is 1. The van der Waals surface area contributed by atoms with Crippen LogP contribution in [-0.2, 0) is 14.6 Å². The Balaban J connectivity index is 1.50. The van der Waals surface area contributed by atoms with E-state index in [1.807, 2.05) is 12.1 Å². The first-order chi connectivity index (χ1) is 11.9. The minimum absolute atomic E-state index is 0.00751. The summed E-state index contributed by atoms with van der Waals surface area (Å²) in [6, 6.07) is 7.11. The van der Waals surface area contributed by atoms with Crippen molar-refractivity contribution in [2.24, 2.45) is 0 Å². The number of carbonyl (C=O) groups is 1. The predicted molar refractivity (Wildman–Crippen MR) is 95.7 cm³/mol. The normalized spacial score (nSPS) is 23.6. The number of para-hydroxylation sites is 2. The number of benzene rings is 1. The summed E-state index contributed by atoms with van der Waals surface area (Å²) >= 11 is 0. The van der Waals surface area contributed by atoms with Gasteiger partial charge >= 0.3 is 0 Å². The van der Waals surface area contributed by atoms with Gasteiger partial charge in [0.2, 0.25) is 0 Å². The number of quaternary nitrogens is 1. The van der Waals surface area contributed by atoms with Crippen molar-refractivity contribution in [1.29, 1.82) is 0 Å². The van der Waals surface area contributed by atoms with Crippen LogP contribution in [0.2, 0.25) is 0 Å². The van der Waals surface area contributed by atoms with Crippen molar-refractivity contribution in [3.8, 4) is 5.75 Å². The second-order valence-electron chi connectivity index (χ2n) is 6.96. The van der Waals surface area contributed by atoms with E-state index >= 15 is 0 Å². The third-order valence-electron chi connectivity index (χ3n) is 5.24. The van der Waals surface area contributed by atoms with Crippen LogP contribution >= 0.6 is 0 Å². The Bertz CT molecular complexity index is 729. The molecule has 0 aliphatic carbocycles. The number of amides is 1. The number of nitrogens with zero attached hydrogens (tertiary/aromatic N) is 2. The first-order valence-electron chi connectivity index (χ1n) is 8.68. The number of anilines is 1. The van der Waals surface area contributed by atoms with E-state index in [-0.39, 0.29) is 29.2 Å². The number of rotatable bonds is 4. The zero-order valence-corrected chi connectivity index (χ0v) is 15.3. The number of piperazine rings is 1. The molecule has 2 N–H and O–H groups in total. The molecule has 0 unspecified atom stereocenters. The Kier molecular flexibility index (Phi) is 5.19. The van der Waals surface area contributed by atoms with Gasteiger partial charge in [-0.15, -0.1) is 0 Å². The molecule has 0 radical (unpaired) electrons. The summed E-state index contributed by atoms with van der Waals surface area (Å²) in [6.07, 6.45) is 0.543. The van der Waals surface area contributed by atoms with Crippen molar-refractivity contribution in [2.45, 2.75) is 12.5 Å². The SMILES string of the molecule is CN(C(=O)C[NH+]1CCN(c2ccccc2O)CC1)[C@@H]1CCS(=O)(=O)C1. The average Bonchev–Trinajstić information content (AvgIpc) is 2.95. The van der Waals surface area contributed by atoms with Gasteiger partial charge in [-0.2, -0.15) is 0 Å². The van der Waals surface area contributed by atoms with Crippen LogP contribution in [0.4, 0.5) is 5.69 Å². The third kappa shape index (κ3) is 4.24. The smallest absolute Gasteiger partial charge is 0.277 e. The summed E-state index contributed by atoms with van der Waals surface area (Å²) in [5.74, 6) is 0.560. The van der Waals surface area contributed by atoms with Crippen LogP contribution < -0.4 is 9.80 Å². The summed E-state index contributed by atoms with van der Waals surface area (Å²) in [7, 11) is -1.27. The molecule has 2 aliphatic rings. The van der Waals surface area contributed by atoms with Gasteiger partial charge in [0.1, 0.15) is 5.75 Å². The molecule has 0 aromatic heterocycles. The van der Waals surface area contributed by atoms with Crippen molar-refractivity contribution in [1.82, 2.24) is 4.90 Å². The van der Waals surface area contributed by atoms with Crippen LogP contribution in [0.5, 0.6) is 5.75 Å². The van der Waals surface area contributed by atoms with E-state index in [1.54, 1.807) is 24.1 Å². The summed E-state index contributed by atoms with van der Waals surface area (Å²) in [5, 5.41) is 9.95. The number of likely N-dealkylation sites (N-methyl/N-ethyl adjacent to an activating group) is 1. The zero-order valence-electron chi connectivity index (χ0n) is 14.5. The molecule has 7 nitrogen and oxygen atoms in total. The standard InChI is InChI=1S/C17H25N3O4S/c1-18(14-6-11-25(23,24)13-14)17(22)12-19-7-9-20(10-8-19)15-4-2-3-5-16(15)21/h2-5,14,21H,6-13H2,1H3/p+1/t14-/m1/s1. The minimum atomic E-state index is -2.98. The van der Waals surface area contributed by atoms with E-state index in [9.17, 15) is 18.3 Å². The molecule has 2 fully saturated rings. The van der Waals surface area contributed by atoms with Gasteiger partial charge in [-0.25, -0.2) is 8.42 Å². The maximum Gasteiger partial charge on any atom is 0.277 e. The highest BCUT2D eigenvalue weighted by Gasteiger charge is 2.34. The Morgan fingerprint density at radius 3 is 2.60 bits per heavy atom. The molecule has 2 saturated heterocycles. The largest absolute Gasteiger partial charge is 0.506 e. The Labute approximate surface area is 148 Å². The van der Waals surface area contributed by atoms with E-state index in [1.165, 1.54) is 4.90 Å². The molecule has 1 aromatic rings. The Morgan fingerprint density at radius 2 is 2.00 bits per heavy atom. The number of aromatic hydroxyl groups is 1. The molecule has 1 amide bonds. The first-order valence-corrected chi connectivity index (χ1v) is 10.5. The van der Waals surface area contributed by atoms with E-state index in [2.05, 4.69) is 4.90 Å². The monoisotopic (exact) mass is 368 g/mol. The highest BCUT2D eigenvalue weighted by atomic mass is 32.2. The number of sulfone groups is 1. The molecule has 0 spiro atoms. The maximum absolute atomic E-state index is 12.5. The molecule has 2 heterocycles. The summed E-state index contributed by atoms with van der Waals surface area (Å²) in [5.41, 5.74) is 0.834. The molecular formula is C17H26N3O4S+. The van der Waals surface area contributed by atoms with Gasteiger partial charge < -0.3 is 19.8 Å². The number of phenolic OH excluding ortho intramolecular Hbond substituents is 1. The Morgan fingerprint density at radius 1 is 1.32 bits per heavy atom. The lowest BCUT2D eigenvalue weighted by atomic mass is 10.2. The van der Waals surface area contributed by atoms with Crippen molar-refractivity contribution in [2.75, 3.05) is 56.2 Å². The molecular weight excluding hydrogens is 342 g/mol. The van der Waals surface area contributed by atoms with Gasteiger partial charge in [0, 0.05) is 13.1 Å². The lowest BCUT2D eigenvalue weighted by Gasteiger charge is -2.34. The Hall–Kier alpha value is -1.80. The molecule has 1 atom stereocenters. The molecule has 0 bridgehead atoms. The molecule has 25 heavy (non-hydrogen) atoms. The number of hydrogen-bond donors (Lipinski definition) is 2. The highest BCUT2D eigenvalue weighted by Crippen LogP contribution is 2.26. The third-order valence-corrected chi connectivity index (χ3v) is 6.99. The van der Waals surface area contributed by atoms with Gasteiger partial charge in [0.05, 0.1) is 43.4 Å². The van der Waals surface area contributed by atoms with Crippen LogP contribution in [0.3, 0.4) is 0 Å². The fourth-order valence-electron chi connectivity index (χ4n) is 3.60. The lowest BCUT2D eigenvalue weighted by Crippen LogP contribution is -3.16. The molecule has 0 saturated carbocycles. The van der Waals surface area contributed by atoms with Crippen LogP contribution in [-0.4, -0.2) is 81.7 Å². The van der Waals surface area contributed by atoms with Crippen molar-refractivity contribution in [3.05, 3.63) is 24.3 Å². The lowest BCUT2D eigenvalue weighted by molar-refractivity contribution is -0.892. The van der Waals surface area contributed by atoms with Gasteiger partial charge in [0.15, 0.2) is 16.4 Å². The maximum atomic E-state index is 12.5. The van der Waals surface area contributed by atoms with Crippen molar-refractivity contribution >= 4 is 21.4 Å². The molecule has 3 rings (SSSR count). The van der Waals surface area contributed by atoms with Gasteiger partial charge in [0.25, 0.3) is 5.91 Å². The van der Waals surface area contributed by atoms with Crippen molar-refractivity contribution in [3.63, 3.8) is 0 Å². The minimum Gasteiger partial charge on any atom is -0.506 e. The first kappa shape index (κ1) is 18.0. The van der Waals surface area contributed by atoms with Crippen LogP contribution in [0.15, 0.2) is 24.3 Å². The average molecular weight is 368 g/mol. The van der Waals surface area contributed by atoms with Crippen LogP contribution in [0, 0.1) is 0 Å². The fourth-order valence-corrected chi connectivity index (χ4v) is 5.37. The zero-order chi connectivity index (χ0) is 18.0. The van der Waals surface area contributed by atoms with Crippen LogP contribution in [0.1, 0.15) is 6.42 Å². The van der Waals surface area contributed by atoms with E-state index in [4.69, 9.17) is 0 Å². The fraction of sp³-hybridized carbons (Fsp3) is 0.588. The van der Waals surface area contributed by atoms with Gasteiger partial charge in [-0.05, 0) is 18.6 Å².